The first-order valence-electron chi connectivity index (χ1n) is 5.53. The Bertz CT molecular complexity index is 435. The third-order valence-electron chi connectivity index (χ3n) is 2.27. The predicted molar refractivity (Wildman–Crippen MR) is 69.8 cm³/mol. The number of amides is 1. The van der Waals surface area contributed by atoms with Crippen LogP contribution in [0.4, 0.5) is 0 Å². The minimum Gasteiger partial charge on any atom is -0.478 e. The molecule has 1 heterocycles. The second-order valence-corrected chi connectivity index (χ2v) is 5.04. The Hall–Kier alpha value is -1.56. The maximum Gasteiger partial charge on any atom is 0.335 e. The average molecular weight is 268 g/mol. The maximum atomic E-state index is 11.3. The van der Waals surface area contributed by atoms with Gasteiger partial charge in [0, 0.05) is 26.7 Å². The molecule has 1 N–H and O–H groups in total. The summed E-state index contributed by atoms with van der Waals surface area (Å²) < 4.78 is 0. The standard InChI is InChI=1S/C12H16N2O3S/c1-14(2)11(15)4-3-7-18-10-8-9(12(16)17)5-6-13-10/h5-6,8H,3-4,7H2,1-2H3,(H,16,17). The summed E-state index contributed by atoms with van der Waals surface area (Å²) in [5, 5.41) is 9.50. The van der Waals surface area contributed by atoms with Gasteiger partial charge in [-0.25, -0.2) is 9.78 Å². The van der Waals surface area contributed by atoms with Crippen LogP contribution < -0.4 is 0 Å². The van der Waals surface area contributed by atoms with Gasteiger partial charge in [0.05, 0.1) is 10.6 Å². The molecule has 18 heavy (non-hydrogen) atoms. The van der Waals surface area contributed by atoms with Gasteiger partial charge in [-0.15, -0.1) is 11.8 Å². The number of rotatable bonds is 6. The lowest BCUT2D eigenvalue weighted by Crippen LogP contribution is -2.21. The van der Waals surface area contributed by atoms with Crippen molar-refractivity contribution >= 4 is 23.6 Å². The Morgan fingerprint density at radius 3 is 2.78 bits per heavy atom. The van der Waals surface area contributed by atoms with Crippen molar-refractivity contribution in [3.8, 4) is 0 Å². The zero-order valence-corrected chi connectivity index (χ0v) is 11.2. The van der Waals surface area contributed by atoms with E-state index in [0.29, 0.717) is 11.4 Å². The number of thioether (sulfide) groups is 1. The Kier molecular flexibility index (Phi) is 5.64. The van der Waals surface area contributed by atoms with Gasteiger partial charge in [0.25, 0.3) is 0 Å². The van der Waals surface area contributed by atoms with E-state index in [1.807, 2.05) is 0 Å². The minimum absolute atomic E-state index is 0.0999. The molecule has 1 aromatic rings. The van der Waals surface area contributed by atoms with Gasteiger partial charge >= 0.3 is 5.97 Å². The minimum atomic E-state index is -0.956. The highest BCUT2D eigenvalue weighted by Gasteiger charge is 2.06. The van der Waals surface area contributed by atoms with Gasteiger partial charge in [-0.2, -0.15) is 0 Å². The van der Waals surface area contributed by atoms with Crippen LogP contribution in [0.25, 0.3) is 0 Å². The fraction of sp³-hybridized carbons (Fsp3) is 0.417. The van der Waals surface area contributed by atoms with E-state index < -0.39 is 5.97 Å². The van der Waals surface area contributed by atoms with E-state index in [-0.39, 0.29) is 11.5 Å². The molecule has 0 aliphatic heterocycles. The molecule has 5 nitrogen and oxygen atoms in total. The molecular formula is C12H16N2O3S. The van der Waals surface area contributed by atoms with E-state index in [1.165, 1.54) is 24.0 Å². The SMILES string of the molecule is CN(C)C(=O)CCCSc1cc(C(=O)O)ccn1. The van der Waals surface area contributed by atoms with E-state index in [0.717, 1.165) is 12.2 Å². The number of aromatic carboxylic acids is 1. The Balaban J connectivity index is 2.38. The summed E-state index contributed by atoms with van der Waals surface area (Å²) in [6.45, 7) is 0. The van der Waals surface area contributed by atoms with Gasteiger partial charge in [0.15, 0.2) is 0 Å². The summed E-state index contributed by atoms with van der Waals surface area (Å²) in [6, 6.07) is 3.00. The molecule has 0 atom stereocenters. The Labute approximate surface area is 110 Å². The number of carbonyl (C=O) groups excluding carboxylic acids is 1. The monoisotopic (exact) mass is 268 g/mol. The van der Waals surface area contributed by atoms with Crippen molar-refractivity contribution < 1.29 is 14.7 Å². The number of hydrogen-bond donors (Lipinski definition) is 1. The van der Waals surface area contributed by atoms with Crippen molar-refractivity contribution in [2.45, 2.75) is 17.9 Å². The second-order valence-electron chi connectivity index (χ2n) is 3.93. The molecule has 0 aromatic carbocycles. The zero-order valence-electron chi connectivity index (χ0n) is 10.4. The van der Waals surface area contributed by atoms with Crippen molar-refractivity contribution in [2.75, 3.05) is 19.8 Å². The smallest absolute Gasteiger partial charge is 0.335 e. The van der Waals surface area contributed by atoms with Crippen molar-refractivity contribution in [1.82, 2.24) is 9.88 Å². The lowest BCUT2D eigenvalue weighted by Gasteiger charge is -2.09. The molecule has 6 heteroatoms. The Morgan fingerprint density at radius 1 is 1.44 bits per heavy atom. The van der Waals surface area contributed by atoms with Crippen molar-refractivity contribution in [3.63, 3.8) is 0 Å². The molecule has 0 radical (unpaired) electrons. The third-order valence-corrected chi connectivity index (χ3v) is 3.28. The number of carboxylic acid groups (broad SMARTS) is 1. The molecule has 0 saturated heterocycles. The van der Waals surface area contributed by atoms with Crippen LogP contribution in [0.1, 0.15) is 23.2 Å². The molecular weight excluding hydrogens is 252 g/mol. The number of carbonyl (C=O) groups is 2. The van der Waals surface area contributed by atoms with E-state index in [9.17, 15) is 9.59 Å². The van der Waals surface area contributed by atoms with E-state index in [1.54, 1.807) is 25.1 Å². The molecule has 1 amide bonds. The Morgan fingerprint density at radius 2 is 2.17 bits per heavy atom. The summed E-state index contributed by atoms with van der Waals surface area (Å²) >= 11 is 1.46. The normalized spacial score (nSPS) is 10.1. The topological polar surface area (TPSA) is 70.5 Å². The van der Waals surface area contributed by atoms with Crippen LogP contribution >= 0.6 is 11.8 Å². The van der Waals surface area contributed by atoms with Crippen LogP contribution in [0.3, 0.4) is 0 Å². The fourth-order valence-corrected chi connectivity index (χ4v) is 2.09. The summed E-state index contributed by atoms with van der Waals surface area (Å²) in [5.74, 6) is -0.111. The van der Waals surface area contributed by atoms with Gasteiger partial charge in [-0.05, 0) is 24.3 Å². The molecule has 0 unspecified atom stereocenters. The molecule has 0 aliphatic rings. The first-order chi connectivity index (χ1) is 8.50. The summed E-state index contributed by atoms with van der Waals surface area (Å²) in [7, 11) is 3.46. The van der Waals surface area contributed by atoms with Crippen LogP contribution in [0.5, 0.6) is 0 Å². The third kappa shape index (κ3) is 4.75. The van der Waals surface area contributed by atoms with Crippen molar-refractivity contribution in [2.24, 2.45) is 0 Å². The number of pyridine rings is 1. The highest BCUT2D eigenvalue weighted by molar-refractivity contribution is 7.99. The average Bonchev–Trinajstić information content (AvgIpc) is 2.34. The largest absolute Gasteiger partial charge is 0.478 e. The first kappa shape index (κ1) is 14.5. The van der Waals surface area contributed by atoms with E-state index in [2.05, 4.69) is 4.98 Å². The van der Waals surface area contributed by atoms with Gasteiger partial charge in [0.1, 0.15) is 0 Å². The quantitative estimate of drug-likeness (QED) is 0.628. The van der Waals surface area contributed by atoms with Gasteiger partial charge in [-0.1, -0.05) is 0 Å². The van der Waals surface area contributed by atoms with Crippen LogP contribution in [0, 0.1) is 0 Å². The lowest BCUT2D eigenvalue weighted by atomic mass is 10.3. The zero-order chi connectivity index (χ0) is 13.5. The molecule has 0 bridgehead atoms. The maximum absolute atomic E-state index is 11.3. The summed E-state index contributed by atoms with van der Waals surface area (Å²) in [6.07, 6.45) is 2.73. The first-order valence-corrected chi connectivity index (χ1v) is 6.51. The van der Waals surface area contributed by atoms with Crippen molar-refractivity contribution in [1.29, 1.82) is 0 Å². The number of hydrogen-bond acceptors (Lipinski definition) is 4. The highest BCUT2D eigenvalue weighted by Crippen LogP contribution is 2.18. The van der Waals surface area contributed by atoms with Crippen molar-refractivity contribution in [3.05, 3.63) is 23.9 Å². The van der Waals surface area contributed by atoms with Gasteiger partial charge in [-0.3, -0.25) is 4.79 Å². The second kappa shape index (κ2) is 7.00. The highest BCUT2D eigenvalue weighted by atomic mass is 32.2. The molecule has 1 aromatic heterocycles. The molecule has 0 spiro atoms. The number of carboxylic acids is 1. The molecule has 0 fully saturated rings. The van der Waals surface area contributed by atoms with Gasteiger partial charge < -0.3 is 10.0 Å². The molecule has 98 valence electrons. The van der Waals surface area contributed by atoms with Crippen LogP contribution in [-0.4, -0.2) is 46.7 Å². The predicted octanol–water partition coefficient (Wildman–Crippen LogP) is 1.74. The fourth-order valence-electron chi connectivity index (χ4n) is 1.25. The number of nitrogens with zero attached hydrogens (tertiary/aromatic N) is 2. The molecule has 1 rings (SSSR count). The van der Waals surface area contributed by atoms with E-state index >= 15 is 0 Å². The number of aromatic nitrogens is 1. The summed E-state index contributed by atoms with van der Waals surface area (Å²) in [4.78, 5) is 27.7. The van der Waals surface area contributed by atoms with Crippen LogP contribution in [0.15, 0.2) is 23.4 Å². The van der Waals surface area contributed by atoms with Crippen LogP contribution in [0.2, 0.25) is 0 Å². The molecule has 0 saturated carbocycles. The summed E-state index contributed by atoms with van der Waals surface area (Å²) in [5.41, 5.74) is 0.233. The lowest BCUT2D eigenvalue weighted by molar-refractivity contribution is -0.128. The van der Waals surface area contributed by atoms with Crippen LogP contribution in [-0.2, 0) is 4.79 Å². The van der Waals surface area contributed by atoms with Gasteiger partial charge in [0.2, 0.25) is 5.91 Å². The molecule has 0 aliphatic carbocycles. The van der Waals surface area contributed by atoms with E-state index in [4.69, 9.17) is 5.11 Å².